The molecule has 0 bridgehead atoms. The summed E-state index contributed by atoms with van der Waals surface area (Å²) in [4.78, 5) is 4.00. The van der Waals surface area contributed by atoms with Crippen molar-refractivity contribution in [2.24, 2.45) is 0 Å². The molecule has 0 saturated heterocycles. The quantitative estimate of drug-likeness (QED) is 0.880. The Kier molecular flexibility index (Phi) is 3.77. The molecule has 5 heteroatoms. The van der Waals surface area contributed by atoms with Gasteiger partial charge in [-0.1, -0.05) is 6.07 Å². The molecule has 0 fully saturated rings. The van der Waals surface area contributed by atoms with Crippen molar-refractivity contribution < 1.29 is 0 Å². The van der Waals surface area contributed by atoms with E-state index in [1.54, 1.807) is 18.5 Å². The second-order valence-corrected chi connectivity index (χ2v) is 4.96. The van der Waals surface area contributed by atoms with Crippen LogP contribution in [0.25, 0.3) is 0 Å². The summed E-state index contributed by atoms with van der Waals surface area (Å²) in [5.74, 6) is 0. The molecule has 0 aliphatic rings. The summed E-state index contributed by atoms with van der Waals surface area (Å²) < 4.78 is 1.83. The smallest absolute Gasteiger partial charge is 0.101 e. The first-order valence-corrected chi connectivity index (χ1v) is 6.36. The molecule has 17 heavy (non-hydrogen) atoms. The Balaban J connectivity index is 2.42. The average molecular weight is 353 g/mol. The summed E-state index contributed by atoms with van der Waals surface area (Å²) >= 11 is 6.91. The average Bonchev–Trinajstić information content (AvgIpc) is 2.34. The predicted molar refractivity (Wildman–Crippen MR) is 74.1 cm³/mol. The summed E-state index contributed by atoms with van der Waals surface area (Å²) in [6, 6.07) is 9.57. The number of anilines is 2. The minimum Gasteiger partial charge on any atom is -0.351 e. The van der Waals surface area contributed by atoms with E-state index in [-0.39, 0.29) is 0 Å². The molecule has 84 valence electrons. The van der Waals surface area contributed by atoms with Gasteiger partial charge in [-0.3, -0.25) is 4.98 Å². The maximum Gasteiger partial charge on any atom is 0.101 e. The van der Waals surface area contributed by atoms with Crippen molar-refractivity contribution in [1.82, 2.24) is 4.98 Å². The van der Waals surface area contributed by atoms with E-state index in [2.05, 4.69) is 48.2 Å². The summed E-state index contributed by atoms with van der Waals surface area (Å²) in [7, 11) is 0. The highest BCUT2D eigenvalue weighted by atomic mass is 79.9. The number of pyridine rings is 1. The van der Waals surface area contributed by atoms with Crippen LogP contribution in [0.5, 0.6) is 0 Å². The fourth-order valence-electron chi connectivity index (χ4n) is 1.34. The zero-order chi connectivity index (χ0) is 12.3. The van der Waals surface area contributed by atoms with Crippen LogP contribution in [0.1, 0.15) is 5.56 Å². The van der Waals surface area contributed by atoms with Crippen LogP contribution in [0.2, 0.25) is 0 Å². The van der Waals surface area contributed by atoms with Crippen molar-refractivity contribution in [1.29, 1.82) is 5.26 Å². The summed E-state index contributed by atoms with van der Waals surface area (Å²) in [5.41, 5.74) is 2.11. The zero-order valence-electron chi connectivity index (χ0n) is 8.61. The third-order valence-electron chi connectivity index (χ3n) is 2.16. The van der Waals surface area contributed by atoms with Gasteiger partial charge in [0.2, 0.25) is 0 Å². The van der Waals surface area contributed by atoms with E-state index < -0.39 is 0 Å². The van der Waals surface area contributed by atoms with Crippen molar-refractivity contribution in [2.75, 3.05) is 5.32 Å². The zero-order valence-corrected chi connectivity index (χ0v) is 11.8. The Morgan fingerprint density at radius 1 is 1.18 bits per heavy atom. The highest BCUT2D eigenvalue weighted by Crippen LogP contribution is 2.33. The number of aromatic nitrogens is 1. The summed E-state index contributed by atoms with van der Waals surface area (Å²) in [6.07, 6.45) is 3.23. The molecule has 1 heterocycles. The molecule has 1 aromatic carbocycles. The molecule has 2 aromatic rings. The van der Waals surface area contributed by atoms with Crippen LogP contribution in [-0.2, 0) is 0 Å². The van der Waals surface area contributed by atoms with E-state index >= 15 is 0 Å². The molecule has 0 unspecified atom stereocenters. The highest BCUT2D eigenvalue weighted by molar-refractivity contribution is 9.11. The molecule has 0 amide bonds. The number of hydrogen-bond acceptors (Lipinski definition) is 3. The third-order valence-corrected chi connectivity index (χ3v) is 3.49. The predicted octanol–water partition coefficient (Wildman–Crippen LogP) is 4.22. The first-order chi connectivity index (χ1) is 8.22. The normalized spacial score (nSPS) is 9.71. The Hall–Kier alpha value is -1.38. The van der Waals surface area contributed by atoms with Gasteiger partial charge in [-0.05, 0) is 50.1 Å². The van der Waals surface area contributed by atoms with E-state index in [0.29, 0.717) is 11.3 Å². The minimum absolute atomic E-state index is 0.558. The number of nitriles is 1. The molecular formula is C12H7Br2N3. The Morgan fingerprint density at radius 3 is 2.53 bits per heavy atom. The van der Waals surface area contributed by atoms with Gasteiger partial charge in [0, 0.05) is 15.1 Å². The van der Waals surface area contributed by atoms with Crippen LogP contribution in [0.4, 0.5) is 11.4 Å². The largest absolute Gasteiger partial charge is 0.351 e. The van der Waals surface area contributed by atoms with E-state index in [1.165, 1.54) is 0 Å². The van der Waals surface area contributed by atoms with Crippen LogP contribution in [0, 0.1) is 11.3 Å². The van der Waals surface area contributed by atoms with Gasteiger partial charge in [0.1, 0.15) is 6.07 Å². The van der Waals surface area contributed by atoms with Gasteiger partial charge in [0.05, 0.1) is 23.1 Å². The topological polar surface area (TPSA) is 48.7 Å². The number of rotatable bonds is 2. The van der Waals surface area contributed by atoms with E-state index in [4.69, 9.17) is 5.26 Å². The second-order valence-electron chi connectivity index (χ2n) is 3.25. The van der Waals surface area contributed by atoms with Gasteiger partial charge in [-0.2, -0.15) is 5.26 Å². The lowest BCUT2D eigenvalue weighted by Crippen LogP contribution is -1.96. The number of halogens is 2. The monoisotopic (exact) mass is 351 g/mol. The molecule has 2 rings (SSSR count). The molecule has 0 aliphatic heterocycles. The highest BCUT2D eigenvalue weighted by Gasteiger charge is 2.07. The van der Waals surface area contributed by atoms with Crippen LogP contribution >= 0.6 is 31.9 Å². The van der Waals surface area contributed by atoms with Crippen LogP contribution in [0.3, 0.4) is 0 Å². The third kappa shape index (κ3) is 2.65. The van der Waals surface area contributed by atoms with Crippen molar-refractivity contribution in [3.8, 4) is 6.07 Å². The van der Waals surface area contributed by atoms with Crippen molar-refractivity contribution in [3.05, 3.63) is 51.2 Å². The number of para-hydroxylation sites is 1. The van der Waals surface area contributed by atoms with Crippen LogP contribution in [-0.4, -0.2) is 4.98 Å². The molecule has 0 radical (unpaired) electrons. The summed E-state index contributed by atoms with van der Waals surface area (Å²) in [6.45, 7) is 0. The summed E-state index contributed by atoms with van der Waals surface area (Å²) in [5, 5.41) is 12.2. The molecule has 0 aliphatic carbocycles. The van der Waals surface area contributed by atoms with Crippen LogP contribution < -0.4 is 5.32 Å². The van der Waals surface area contributed by atoms with E-state index in [9.17, 15) is 0 Å². The Morgan fingerprint density at radius 2 is 1.88 bits per heavy atom. The Labute approximate surface area is 116 Å². The van der Waals surface area contributed by atoms with Gasteiger partial charge in [-0.15, -0.1) is 0 Å². The lowest BCUT2D eigenvalue weighted by Gasteiger charge is -2.11. The molecule has 1 N–H and O–H groups in total. The lowest BCUT2D eigenvalue weighted by molar-refractivity contribution is 1.30. The molecule has 0 spiro atoms. The van der Waals surface area contributed by atoms with Gasteiger partial charge in [-0.25, -0.2) is 0 Å². The number of nitrogens with zero attached hydrogens (tertiary/aromatic N) is 2. The van der Waals surface area contributed by atoms with Crippen molar-refractivity contribution in [2.45, 2.75) is 0 Å². The Bertz CT molecular complexity index is 570. The number of benzene rings is 1. The van der Waals surface area contributed by atoms with Gasteiger partial charge in [0.25, 0.3) is 0 Å². The second kappa shape index (κ2) is 5.30. The fourth-order valence-corrected chi connectivity index (χ4v) is 2.54. The molecule has 1 aromatic heterocycles. The van der Waals surface area contributed by atoms with Gasteiger partial charge in [0.15, 0.2) is 0 Å². The number of hydrogen-bond donors (Lipinski definition) is 1. The standard InChI is InChI=1S/C12H7Br2N3/c13-9-2-1-3-10(14)12(9)17-11-7-16-5-4-8(11)6-15/h1-5,7,17H. The molecule has 3 nitrogen and oxygen atoms in total. The van der Waals surface area contributed by atoms with Gasteiger partial charge < -0.3 is 5.32 Å². The first kappa shape index (κ1) is 12.1. The van der Waals surface area contributed by atoms with Gasteiger partial charge >= 0.3 is 0 Å². The maximum atomic E-state index is 8.99. The molecule has 0 saturated carbocycles. The van der Waals surface area contributed by atoms with Crippen molar-refractivity contribution in [3.63, 3.8) is 0 Å². The molecular weight excluding hydrogens is 346 g/mol. The number of nitrogens with one attached hydrogen (secondary N) is 1. The molecule has 0 atom stereocenters. The SMILES string of the molecule is N#Cc1ccncc1Nc1c(Br)cccc1Br. The fraction of sp³-hybridized carbons (Fsp3) is 0. The van der Waals surface area contributed by atoms with Crippen molar-refractivity contribution >= 4 is 43.2 Å². The van der Waals surface area contributed by atoms with Crippen LogP contribution in [0.15, 0.2) is 45.6 Å². The minimum atomic E-state index is 0.558. The maximum absolute atomic E-state index is 8.99. The lowest BCUT2D eigenvalue weighted by atomic mass is 10.2. The first-order valence-electron chi connectivity index (χ1n) is 4.77. The van der Waals surface area contributed by atoms with E-state index in [0.717, 1.165) is 14.6 Å². The van der Waals surface area contributed by atoms with E-state index in [1.807, 2.05) is 18.2 Å².